The molecule has 0 unspecified atom stereocenters. The van der Waals surface area contributed by atoms with Gasteiger partial charge in [-0.25, -0.2) is 0 Å². The molecule has 64 valence electrons. The molecule has 0 radical (unpaired) electrons. The topological polar surface area (TPSA) is 55.5 Å². The van der Waals surface area contributed by atoms with E-state index in [1.54, 1.807) is 13.2 Å². The zero-order chi connectivity index (χ0) is 8.69. The van der Waals surface area contributed by atoms with Crippen molar-refractivity contribution >= 4 is 0 Å². The van der Waals surface area contributed by atoms with Crippen LogP contribution in [0.2, 0.25) is 0 Å². The average Bonchev–Trinajstić information content (AvgIpc) is 2.04. The molecule has 0 spiro atoms. The van der Waals surface area contributed by atoms with Gasteiger partial charge >= 0.3 is 0 Å². The van der Waals surface area contributed by atoms with Crippen molar-refractivity contribution in [3.63, 3.8) is 0 Å². The van der Waals surface area contributed by atoms with Gasteiger partial charge in [-0.2, -0.15) is 0 Å². The summed E-state index contributed by atoms with van der Waals surface area (Å²) in [7, 11) is 0. The van der Waals surface area contributed by atoms with Gasteiger partial charge in [0.05, 0.1) is 19.1 Å². The summed E-state index contributed by atoms with van der Waals surface area (Å²) in [5, 5.41) is 8.56. The summed E-state index contributed by atoms with van der Waals surface area (Å²) in [4.78, 5) is 0. The first-order chi connectivity index (χ1) is 5.20. The number of rotatable bonds is 4. The summed E-state index contributed by atoms with van der Waals surface area (Å²) in [5.41, 5.74) is 7.05. The van der Waals surface area contributed by atoms with Gasteiger partial charge < -0.3 is 15.6 Å². The van der Waals surface area contributed by atoms with Gasteiger partial charge in [0.25, 0.3) is 0 Å². The third-order valence-electron chi connectivity index (χ3n) is 1.11. The van der Waals surface area contributed by atoms with Gasteiger partial charge in [-0.05, 0) is 25.0 Å². The molecular weight excluding hydrogens is 142 g/mol. The van der Waals surface area contributed by atoms with Crippen LogP contribution >= 0.6 is 0 Å². The van der Waals surface area contributed by atoms with Gasteiger partial charge in [0, 0.05) is 6.54 Å². The molecular formula is C8H15NO2. The van der Waals surface area contributed by atoms with Crippen LogP contribution in [0.3, 0.4) is 0 Å². The summed E-state index contributed by atoms with van der Waals surface area (Å²) < 4.78 is 4.97. The lowest BCUT2D eigenvalue weighted by atomic mass is 10.3. The second kappa shape index (κ2) is 5.95. The van der Waals surface area contributed by atoms with E-state index in [1.807, 2.05) is 6.92 Å². The molecule has 3 N–H and O–H groups in total. The number of nitrogens with two attached hydrogens (primary N) is 1. The van der Waals surface area contributed by atoms with Gasteiger partial charge in [-0.3, -0.25) is 0 Å². The maximum absolute atomic E-state index is 8.56. The minimum Gasteiger partial charge on any atom is -0.473 e. The first kappa shape index (κ1) is 10.2. The number of aliphatic hydroxyl groups excluding tert-OH is 1. The molecule has 0 aromatic carbocycles. The Bertz CT molecular complexity index is 143. The van der Waals surface area contributed by atoms with Gasteiger partial charge in [0.15, 0.2) is 0 Å². The van der Waals surface area contributed by atoms with Crippen molar-refractivity contribution in [1.29, 1.82) is 0 Å². The summed E-state index contributed by atoms with van der Waals surface area (Å²) in [6.45, 7) is 4.18. The Hall–Kier alpha value is -0.800. The van der Waals surface area contributed by atoms with Crippen molar-refractivity contribution < 1.29 is 9.84 Å². The maximum Gasteiger partial charge on any atom is 0.0913 e. The Morgan fingerprint density at radius 3 is 2.36 bits per heavy atom. The second-order valence-corrected chi connectivity index (χ2v) is 2.43. The summed E-state index contributed by atoms with van der Waals surface area (Å²) in [5.74, 6) is 0. The fourth-order valence-electron chi connectivity index (χ4n) is 0.352. The molecule has 0 saturated carbocycles. The zero-order valence-electron chi connectivity index (χ0n) is 7.00. The van der Waals surface area contributed by atoms with E-state index in [2.05, 4.69) is 0 Å². The number of aliphatic hydroxyl groups is 1. The van der Waals surface area contributed by atoms with Crippen molar-refractivity contribution in [3.05, 3.63) is 23.7 Å². The van der Waals surface area contributed by atoms with Crippen LogP contribution in [-0.2, 0) is 4.74 Å². The smallest absolute Gasteiger partial charge is 0.0913 e. The monoisotopic (exact) mass is 157 g/mol. The summed E-state index contributed by atoms with van der Waals surface area (Å²) >= 11 is 0. The molecule has 3 nitrogen and oxygen atoms in total. The Morgan fingerprint density at radius 1 is 1.36 bits per heavy atom. The molecule has 0 saturated heterocycles. The third kappa shape index (κ3) is 5.63. The predicted octanol–water partition coefficient (Wildman–Crippen LogP) is 0.762. The Morgan fingerprint density at radius 2 is 1.91 bits per heavy atom. The van der Waals surface area contributed by atoms with E-state index in [-0.39, 0.29) is 6.61 Å². The van der Waals surface area contributed by atoms with E-state index in [0.717, 1.165) is 11.1 Å². The summed E-state index contributed by atoms with van der Waals surface area (Å²) in [6, 6.07) is 0. The van der Waals surface area contributed by atoms with Crippen LogP contribution in [0.5, 0.6) is 0 Å². The third-order valence-corrected chi connectivity index (χ3v) is 1.11. The van der Waals surface area contributed by atoms with Gasteiger partial charge in [-0.15, -0.1) is 0 Å². The molecule has 0 aromatic rings. The van der Waals surface area contributed by atoms with Crippen LogP contribution in [0.4, 0.5) is 0 Å². The maximum atomic E-state index is 8.56. The van der Waals surface area contributed by atoms with Crippen molar-refractivity contribution in [2.24, 2.45) is 5.73 Å². The molecule has 0 aromatic heterocycles. The molecule has 0 amide bonds. The predicted molar refractivity (Wildman–Crippen MR) is 44.7 cm³/mol. The highest BCUT2D eigenvalue weighted by molar-refractivity contribution is 4.98. The van der Waals surface area contributed by atoms with E-state index in [0.29, 0.717) is 6.54 Å². The number of hydrogen-bond acceptors (Lipinski definition) is 3. The highest BCUT2D eigenvalue weighted by Gasteiger charge is 1.84. The van der Waals surface area contributed by atoms with Crippen LogP contribution in [-0.4, -0.2) is 18.3 Å². The van der Waals surface area contributed by atoms with Crippen molar-refractivity contribution in [2.45, 2.75) is 13.8 Å². The molecule has 0 heterocycles. The highest BCUT2D eigenvalue weighted by atomic mass is 16.5. The Labute approximate surface area is 67.2 Å². The summed E-state index contributed by atoms with van der Waals surface area (Å²) in [6.07, 6.45) is 3.07. The first-order valence-electron chi connectivity index (χ1n) is 3.48. The van der Waals surface area contributed by atoms with E-state index in [9.17, 15) is 0 Å². The molecule has 0 aliphatic carbocycles. The molecule has 0 fully saturated rings. The van der Waals surface area contributed by atoms with E-state index >= 15 is 0 Å². The largest absolute Gasteiger partial charge is 0.473 e. The van der Waals surface area contributed by atoms with Crippen molar-refractivity contribution in [3.8, 4) is 0 Å². The van der Waals surface area contributed by atoms with E-state index < -0.39 is 0 Å². The van der Waals surface area contributed by atoms with Crippen LogP contribution in [0.25, 0.3) is 0 Å². The molecule has 0 rings (SSSR count). The first-order valence-corrected chi connectivity index (χ1v) is 3.48. The zero-order valence-corrected chi connectivity index (χ0v) is 7.00. The number of hydrogen-bond donors (Lipinski definition) is 2. The fourth-order valence-corrected chi connectivity index (χ4v) is 0.352. The normalized spacial score (nSPS) is 13.5. The molecule has 11 heavy (non-hydrogen) atoms. The number of ether oxygens (including phenoxy) is 1. The molecule has 3 heteroatoms. The van der Waals surface area contributed by atoms with Gasteiger partial charge in [0.2, 0.25) is 0 Å². The molecule has 0 atom stereocenters. The Balaban J connectivity index is 3.71. The fraction of sp³-hybridized carbons (Fsp3) is 0.500. The average molecular weight is 157 g/mol. The quantitative estimate of drug-likeness (QED) is 0.592. The molecule has 0 aliphatic rings. The van der Waals surface area contributed by atoms with Gasteiger partial charge in [-0.1, -0.05) is 0 Å². The highest BCUT2D eigenvalue weighted by Crippen LogP contribution is 1.94. The molecule has 0 aliphatic heterocycles. The minimum atomic E-state index is 0.0233. The van der Waals surface area contributed by atoms with Crippen LogP contribution < -0.4 is 5.73 Å². The SMILES string of the molecule is C/C(=C/O/C=C(\C)CN)CO. The van der Waals surface area contributed by atoms with E-state index in [4.69, 9.17) is 15.6 Å². The van der Waals surface area contributed by atoms with Crippen LogP contribution in [0.1, 0.15) is 13.8 Å². The van der Waals surface area contributed by atoms with E-state index in [1.165, 1.54) is 6.26 Å². The Kier molecular flexibility index (Phi) is 5.51. The van der Waals surface area contributed by atoms with Crippen LogP contribution in [0, 0.1) is 0 Å². The van der Waals surface area contributed by atoms with Crippen LogP contribution in [0.15, 0.2) is 23.7 Å². The molecule has 0 bridgehead atoms. The lowest BCUT2D eigenvalue weighted by Gasteiger charge is -1.96. The standard InChI is InChI=1S/C8H15NO2/c1-7(3-9)5-11-6-8(2)4-10/h5-6,10H,3-4,9H2,1-2H3/b7-5+,8-6-. The lowest BCUT2D eigenvalue weighted by molar-refractivity contribution is 0.318. The van der Waals surface area contributed by atoms with Crippen molar-refractivity contribution in [1.82, 2.24) is 0 Å². The minimum absolute atomic E-state index is 0.0233. The van der Waals surface area contributed by atoms with Gasteiger partial charge in [0.1, 0.15) is 0 Å². The second-order valence-electron chi connectivity index (χ2n) is 2.43. The van der Waals surface area contributed by atoms with Crippen molar-refractivity contribution in [2.75, 3.05) is 13.2 Å². The lowest BCUT2D eigenvalue weighted by Crippen LogP contribution is -1.99.